The lowest BCUT2D eigenvalue weighted by Gasteiger charge is -2.28. The number of aliphatic hydroxyl groups is 2. The van der Waals surface area contributed by atoms with E-state index in [0.717, 1.165) is 13.3 Å². The van der Waals surface area contributed by atoms with E-state index in [1.807, 2.05) is 0 Å². The summed E-state index contributed by atoms with van der Waals surface area (Å²) in [6, 6.07) is 2.78. The summed E-state index contributed by atoms with van der Waals surface area (Å²) >= 11 is 0. The van der Waals surface area contributed by atoms with Gasteiger partial charge in [-0.15, -0.1) is 0 Å². The molecule has 1 saturated heterocycles. The first-order chi connectivity index (χ1) is 16.2. The second kappa shape index (κ2) is 9.66. The second-order valence-corrected chi connectivity index (χ2v) is 9.29. The monoisotopic (exact) mass is 524 g/mol. The number of rotatable bonds is 9. The lowest BCUT2D eigenvalue weighted by Crippen LogP contribution is -2.46. The summed E-state index contributed by atoms with van der Waals surface area (Å²) < 4.78 is 66.7. The Morgan fingerprint density at radius 2 is 2.14 bits per heavy atom. The molecule has 18 heteroatoms. The van der Waals surface area contributed by atoms with Gasteiger partial charge in [0.25, 0.3) is 0 Å². The number of nitrogens with one attached hydrogen (secondary N) is 1. The van der Waals surface area contributed by atoms with Gasteiger partial charge in [-0.1, -0.05) is 0 Å². The zero-order valence-electron chi connectivity index (χ0n) is 17.8. The molecule has 192 valence electrons. The topological polar surface area (TPSA) is 215 Å². The van der Waals surface area contributed by atoms with E-state index >= 15 is 0 Å². The second-order valence-electron chi connectivity index (χ2n) is 7.52. The number of nitriles is 1. The van der Waals surface area contributed by atoms with Crippen LogP contribution in [0.4, 0.5) is 19.0 Å². The SMILES string of the molecule is CC(NP(=O)(OCC(F)(F)F)OC[C@@]1(C#N)O[C@@H](c2ccc3c(N)ncnn23)[C@H](O)[C@@H]1O)C(=O)O. The number of hydrogen-bond acceptors (Lipinski definition) is 11. The molecule has 14 nitrogen and oxygen atoms in total. The standard InChI is InChI=1S/C17H20F3N6O8P/c1-8(15(29)30)25-35(31,33-6-17(18,19)20)32-5-16(4-21)13(28)11(27)12(34-16)9-2-3-10-14(22)23-7-24-26(9)10/h2-3,7-8,11-13,27-28H,5-6H2,1H3,(H,25,31)(H,29,30)(H2,22,23,24)/t8?,11-,12-,13-,16+,35?/m0/s1. The molecule has 2 unspecified atom stereocenters. The summed E-state index contributed by atoms with van der Waals surface area (Å²) in [5.74, 6) is -1.51. The molecule has 1 aliphatic rings. The molecule has 0 bridgehead atoms. The van der Waals surface area contributed by atoms with Crippen molar-refractivity contribution in [2.45, 2.75) is 43.1 Å². The summed E-state index contributed by atoms with van der Waals surface area (Å²) in [6.07, 6.45) is -9.03. The van der Waals surface area contributed by atoms with E-state index in [2.05, 4.69) is 14.6 Å². The average Bonchev–Trinajstić information content (AvgIpc) is 3.32. The Balaban J connectivity index is 1.87. The Kier molecular flexibility index (Phi) is 7.39. The summed E-state index contributed by atoms with van der Waals surface area (Å²) in [6.45, 7) is -2.29. The molecule has 0 saturated carbocycles. The maximum Gasteiger partial charge on any atom is 0.412 e. The minimum absolute atomic E-state index is 0.0792. The van der Waals surface area contributed by atoms with Crippen molar-refractivity contribution in [3.8, 4) is 6.07 Å². The van der Waals surface area contributed by atoms with Crippen LogP contribution in [0.15, 0.2) is 18.5 Å². The fraction of sp³-hybridized carbons (Fsp3) is 0.529. The molecule has 6 N–H and O–H groups in total. The Bertz CT molecular complexity index is 1190. The molecule has 6 atom stereocenters. The Morgan fingerprint density at radius 3 is 2.74 bits per heavy atom. The number of carboxylic acids is 1. The number of nitrogen functional groups attached to an aromatic ring is 1. The van der Waals surface area contributed by atoms with Crippen LogP contribution >= 0.6 is 7.75 Å². The van der Waals surface area contributed by atoms with Gasteiger partial charge in [-0.25, -0.2) is 19.2 Å². The first kappa shape index (κ1) is 26.8. The Labute approximate surface area is 194 Å². The minimum atomic E-state index is -5.02. The highest BCUT2D eigenvalue weighted by Gasteiger charge is 2.57. The number of ether oxygens (including phenoxy) is 1. The van der Waals surface area contributed by atoms with Crippen molar-refractivity contribution >= 4 is 25.1 Å². The maximum absolute atomic E-state index is 12.8. The zero-order chi connectivity index (χ0) is 26.2. The van der Waals surface area contributed by atoms with Gasteiger partial charge in [-0.2, -0.15) is 23.5 Å². The highest BCUT2D eigenvalue weighted by Crippen LogP contribution is 2.49. The number of aliphatic hydroxyl groups excluding tert-OH is 2. The van der Waals surface area contributed by atoms with Gasteiger partial charge in [-0.05, 0) is 19.1 Å². The number of halogens is 3. The van der Waals surface area contributed by atoms with Gasteiger partial charge in [0, 0.05) is 0 Å². The first-order valence-electron chi connectivity index (χ1n) is 9.72. The number of nitrogens with two attached hydrogens (primary N) is 1. The molecule has 0 amide bonds. The summed E-state index contributed by atoms with van der Waals surface area (Å²) in [4.78, 5) is 14.9. The molecule has 0 aliphatic carbocycles. The number of alkyl halides is 3. The molecule has 0 spiro atoms. The smallest absolute Gasteiger partial charge is 0.412 e. The third-order valence-corrected chi connectivity index (χ3v) is 6.65. The molecular weight excluding hydrogens is 504 g/mol. The third-order valence-electron chi connectivity index (χ3n) is 5.01. The van der Waals surface area contributed by atoms with Crippen LogP contribution in [0.3, 0.4) is 0 Å². The molecule has 0 aromatic carbocycles. The molecule has 2 aromatic rings. The number of fused-ring (bicyclic) bond motifs is 1. The zero-order valence-corrected chi connectivity index (χ0v) is 18.7. The van der Waals surface area contributed by atoms with Gasteiger partial charge < -0.3 is 25.8 Å². The molecule has 2 aromatic heterocycles. The lowest BCUT2D eigenvalue weighted by molar-refractivity contribution is -0.156. The van der Waals surface area contributed by atoms with Crippen LogP contribution in [-0.2, 0) is 23.1 Å². The van der Waals surface area contributed by atoms with E-state index in [9.17, 15) is 38.0 Å². The molecule has 0 radical (unpaired) electrons. The highest BCUT2D eigenvalue weighted by atomic mass is 31.2. The maximum atomic E-state index is 12.8. The summed E-state index contributed by atoms with van der Waals surface area (Å²) in [7, 11) is -5.02. The van der Waals surface area contributed by atoms with Crippen LogP contribution < -0.4 is 10.8 Å². The van der Waals surface area contributed by atoms with E-state index in [1.165, 1.54) is 16.6 Å². The normalized spacial score (nSPS) is 27.4. The van der Waals surface area contributed by atoms with Crippen molar-refractivity contribution < 1.29 is 51.6 Å². The predicted octanol–water partition coefficient (Wildman–Crippen LogP) is 0.133. The van der Waals surface area contributed by atoms with Gasteiger partial charge in [-0.3, -0.25) is 13.8 Å². The number of aliphatic carboxylic acids is 1. The lowest BCUT2D eigenvalue weighted by atomic mass is 9.96. The fourth-order valence-corrected chi connectivity index (χ4v) is 4.71. The molecule has 1 fully saturated rings. The van der Waals surface area contributed by atoms with Crippen LogP contribution in [0.1, 0.15) is 18.7 Å². The van der Waals surface area contributed by atoms with Gasteiger partial charge in [0.1, 0.15) is 48.9 Å². The quantitative estimate of drug-likeness (QED) is 0.276. The fourth-order valence-electron chi connectivity index (χ4n) is 3.22. The van der Waals surface area contributed by atoms with E-state index in [4.69, 9.17) is 20.1 Å². The van der Waals surface area contributed by atoms with Gasteiger partial charge in [0.05, 0.1) is 5.69 Å². The Hall–Kier alpha value is -2.84. The highest BCUT2D eigenvalue weighted by molar-refractivity contribution is 7.51. The number of nitrogens with zero attached hydrogens (tertiary/aromatic N) is 4. The van der Waals surface area contributed by atoms with Crippen molar-refractivity contribution in [1.82, 2.24) is 19.7 Å². The van der Waals surface area contributed by atoms with Gasteiger partial charge in [0.2, 0.25) is 5.60 Å². The largest absolute Gasteiger partial charge is 0.480 e. The Morgan fingerprint density at radius 1 is 1.46 bits per heavy atom. The van der Waals surface area contributed by atoms with Crippen molar-refractivity contribution in [1.29, 1.82) is 5.26 Å². The average molecular weight is 524 g/mol. The molecule has 35 heavy (non-hydrogen) atoms. The van der Waals surface area contributed by atoms with Crippen LogP contribution in [-0.4, -0.2) is 79.1 Å². The predicted molar refractivity (Wildman–Crippen MR) is 107 cm³/mol. The molecule has 3 rings (SSSR count). The van der Waals surface area contributed by atoms with Crippen LogP contribution in [0, 0.1) is 11.3 Å². The van der Waals surface area contributed by atoms with Crippen molar-refractivity contribution in [2.75, 3.05) is 18.9 Å². The van der Waals surface area contributed by atoms with Crippen molar-refractivity contribution in [2.24, 2.45) is 0 Å². The van der Waals surface area contributed by atoms with Crippen LogP contribution in [0.2, 0.25) is 0 Å². The van der Waals surface area contributed by atoms with Gasteiger partial charge in [0.15, 0.2) is 12.4 Å². The molecular formula is C17H20F3N6O8P. The number of carbonyl (C=O) groups is 1. The van der Waals surface area contributed by atoms with E-state index in [1.54, 1.807) is 11.2 Å². The van der Waals surface area contributed by atoms with Gasteiger partial charge >= 0.3 is 19.9 Å². The van der Waals surface area contributed by atoms with E-state index in [0.29, 0.717) is 5.52 Å². The summed E-state index contributed by atoms with van der Waals surface area (Å²) in [5, 5.41) is 45.6. The third kappa shape index (κ3) is 5.54. The van der Waals surface area contributed by atoms with Crippen LogP contribution in [0.25, 0.3) is 5.52 Å². The molecule has 3 heterocycles. The van der Waals surface area contributed by atoms with Crippen molar-refractivity contribution in [3.05, 3.63) is 24.2 Å². The van der Waals surface area contributed by atoms with Crippen molar-refractivity contribution in [3.63, 3.8) is 0 Å². The summed E-state index contributed by atoms with van der Waals surface area (Å²) in [5.41, 5.74) is 3.75. The number of carboxylic acid groups (broad SMARTS) is 1. The van der Waals surface area contributed by atoms with E-state index in [-0.39, 0.29) is 11.5 Å². The first-order valence-corrected chi connectivity index (χ1v) is 11.3. The number of anilines is 1. The minimum Gasteiger partial charge on any atom is -0.480 e. The van der Waals surface area contributed by atoms with E-state index < -0.39 is 63.1 Å². The number of aromatic nitrogens is 3. The number of hydrogen-bond donors (Lipinski definition) is 5. The molecule has 1 aliphatic heterocycles. The van der Waals surface area contributed by atoms with Crippen LogP contribution in [0.5, 0.6) is 0 Å².